The predicted octanol–water partition coefficient (Wildman–Crippen LogP) is 3.78. The van der Waals surface area contributed by atoms with Crippen LogP contribution in [0.25, 0.3) is 0 Å². The smallest absolute Gasteiger partial charge is 0.481 e. The zero-order valence-corrected chi connectivity index (χ0v) is 15.7. The normalized spacial score (nSPS) is 15.0. The first-order chi connectivity index (χ1) is 14.1. The van der Waals surface area contributed by atoms with E-state index in [2.05, 4.69) is 4.74 Å². The molecule has 0 radical (unpaired) electrons. The van der Waals surface area contributed by atoms with Crippen LogP contribution in [0.15, 0.2) is 42.5 Å². The van der Waals surface area contributed by atoms with Crippen molar-refractivity contribution in [3.05, 3.63) is 48.0 Å². The molecule has 1 aliphatic heterocycles. The predicted molar refractivity (Wildman–Crippen MR) is 101 cm³/mol. The molecule has 1 fully saturated rings. The Labute approximate surface area is 169 Å². The molecular formula is C20H19F3N2O5. The second-order valence-corrected chi connectivity index (χ2v) is 6.77. The van der Waals surface area contributed by atoms with E-state index < -0.39 is 24.0 Å². The zero-order valence-electron chi connectivity index (χ0n) is 15.7. The van der Waals surface area contributed by atoms with Crippen LogP contribution in [0.4, 0.5) is 18.9 Å². The number of nitrogens with two attached hydrogens (primary N) is 1. The first-order valence-electron chi connectivity index (χ1n) is 9.07. The van der Waals surface area contributed by atoms with Crippen LogP contribution < -0.4 is 20.1 Å². The van der Waals surface area contributed by atoms with Gasteiger partial charge >= 0.3 is 12.3 Å². The van der Waals surface area contributed by atoms with Crippen molar-refractivity contribution >= 4 is 17.6 Å². The number of amides is 1. The molecule has 1 amide bonds. The topological polar surface area (TPSA) is 102 Å². The van der Waals surface area contributed by atoms with Crippen molar-refractivity contribution in [1.29, 1.82) is 0 Å². The van der Waals surface area contributed by atoms with Gasteiger partial charge < -0.3 is 25.2 Å². The van der Waals surface area contributed by atoms with Gasteiger partial charge in [-0.25, -0.2) is 0 Å². The SMILES string of the molecule is NC(=O)c1ccc(N2CCC(C(=O)O)CC2)cc1Oc1ccc(OC(F)(F)F)cc1. The van der Waals surface area contributed by atoms with E-state index in [-0.39, 0.29) is 23.0 Å². The maximum atomic E-state index is 12.3. The van der Waals surface area contributed by atoms with Gasteiger partial charge in [0, 0.05) is 24.8 Å². The highest BCUT2D eigenvalue weighted by atomic mass is 19.4. The molecule has 160 valence electrons. The van der Waals surface area contributed by atoms with Gasteiger partial charge in [0.25, 0.3) is 5.91 Å². The van der Waals surface area contributed by atoms with E-state index in [1.165, 1.54) is 18.2 Å². The Morgan fingerprint density at radius 2 is 1.63 bits per heavy atom. The number of nitrogens with zero attached hydrogens (tertiary/aromatic N) is 1. The van der Waals surface area contributed by atoms with Crippen molar-refractivity contribution in [3.63, 3.8) is 0 Å². The summed E-state index contributed by atoms with van der Waals surface area (Å²) in [5.41, 5.74) is 6.22. The van der Waals surface area contributed by atoms with Crippen LogP contribution in [0, 0.1) is 5.92 Å². The van der Waals surface area contributed by atoms with Gasteiger partial charge in [-0.3, -0.25) is 9.59 Å². The van der Waals surface area contributed by atoms with Crippen LogP contribution in [0.5, 0.6) is 17.2 Å². The second kappa shape index (κ2) is 8.52. The van der Waals surface area contributed by atoms with Gasteiger partial charge in [-0.05, 0) is 49.2 Å². The molecule has 1 aliphatic rings. The minimum atomic E-state index is -4.80. The molecule has 10 heteroatoms. The van der Waals surface area contributed by atoms with Crippen molar-refractivity contribution < 1.29 is 37.3 Å². The van der Waals surface area contributed by atoms with E-state index >= 15 is 0 Å². The lowest BCUT2D eigenvalue weighted by atomic mass is 9.96. The van der Waals surface area contributed by atoms with E-state index in [9.17, 15) is 22.8 Å². The fraction of sp³-hybridized carbons (Fsp3) is 0.300. The highest BCUT2D eigenvalue weighted by Crippen LogP contribution is 2.33. The molecule has 3 rings (SSSR count). The Hall–Kier alpha value is -3.43. The summed E-state index contributed by atoms with van der Waals surface area (Å²) in [6, 6.07) is 9.52. The summed E-state index contributed by atoms with van der Waals surface area (Å²) in [4.78, 5) is 24.8. The third kappa shape index (κ3) is 5.34. The average Bonchev–Trinajstić information content (AvgIpc) is 2.68. The molecule has 30 heavy (non-hydrogen) atoms. The average molecular weight is 424 g/mol. The van der Waals surface area contributed by atoms with Crippen LogP contribution in [-0.4, -0.2) is 36.4 Å². The highest BCUT2D eigenvalue weighted by molar-refractivity contribution is 5.96. The number of anilines is 1. The summed E-state index contributed by atoms with van der Waals surface area (Å²) in [6.07, 6.45) is -3.82. The molecule has 0 spiro atoms. The number of carboxylic acids is 1. The van der Waals surface area contributed by atoms with Gasteiger partial charge in [-0.2, -0.15) is 0 Å². The van der Waals surface area contributed by atoms with Crippen molar-refractivity contribution in [2.75, 3.05) is 18.0 Å². The maximum Gasteiger partial charge on any atom is 0.573 e. The molecular weight excluding hydrogens is 405 g/mol. The molecule has 0 aromatic heterocycles. The summed E-state index contributed by atoms with van der Waals surface area (Å²) >= 11 is 0. The minimum Gasteiger partial charge on any atom is -0.481 e. The Morgan fingerprint density at radius 3 is 2.17 bits per heavy atom. The Morgan fingerprint density at radius 1 is 1.03 bits per heavy atom. The third-order valence-electron chi connectivity index (χ3n) is 4.73. The van der Waals surface area contributed by atoms with Gasteiger partial charge in [0.05, 0.1) is 11.5 Å². The quantitative estimate of drug-likeness (QED) is 0.732. The lowest BCUT2D eigenvalue weighted by Gasteiger charge is -2.32. The number of ether oxygens (including phenoxy) is 2. The lowest BCUT2D eigenvalue weighted by Crippen LogP contribution is -2.36. The first-order valence-corrected chi connectivity index (χ1v) is 9.07. The molecule has 0 saturated carbocycles. The molecule has 3 N–H and O–H groups in total. The van der Waals surface area contributed by atoms with E-state index in [4.69, 9.17) is 15.6 Å². The van der Waals surface area contributed by atoms with Crippen LogP contribution in [0.1, 0.15) is 23.2 Å². The molecule has 1 saturated heterocycles. The summed E-state index contributed by atoms with van der Waals surface area (Å²) in [6.45, 7) is 1.05. The van der Waals surface area contributed by atoms with E-state index in [0.717, 1.165) is 17.8 Å². The van der Waals surface area contributed by atoms with Gasteiger partial charge in [0.15, 0.2) is 0 Å². The number of piperidine rings is 1. The first kappa shape index (κ1) is 21.3. The van der Waals surface area contributed by atoms with Gasteiger partial charge in [0.1, 0.15) is 17.2 Å². The number of benzene rings is 2. The van der Waals surface area contributed by atoms with Crippen molar-refractivity contribution in [2.24, 2.45) is 11.7 Å². The summed E-state index contributed by atoms with van der Waals surface area (Å²) in [5, 5.41) is 9.12. The molecule has 0 unspecified atom stereocenters. The summed E-state index contributed by atoms with van der Waals surface area (Å²) < 4.78 is 46.3. The largest absolute Gasteiger partial charge is 0.573 e. The fourth-order valence-electron chi connectivity index (χ4n) is 3.22. The standard InChI is InChI=1S/C20H19F3N2O5/c21-20(22,23)30-15-4-2-14(3-5-15)29-17-11-13(1-6-16(17)18(24)26)25-9-7-12(8-10-25)19(27)28/h1-6,11-12H,7-10H2,(H2,24,26)(H,27,28). The molecule has 2 aromatic carbocycles. The van der Waals surface area contributed by atoms with Gasteiger partial charge in [0.2, 0.25) is 0 Å². The lowest BCUT2D eigenvalue weighted by molar-refractivity contribution is -0.274. The highest BCUT2D eigenvalue weighted by Gasteiger charge is 2.31. The molecule has 2 aromatic rings. The Balaban J connectivity index is 1.78. The molecule has 1 heterocycles. The number of hydrogen-bond donors (Lipinski definition) is 2. The molecule has 7 nitrogen and oxygen atoms in total. The van der Waals surface area contributed by atoms with E-state index in [0.29, 0.717) is 25.9 Å². The second-order valence-electron chi connectivity index (χ2n) is 6.77. The number of rotatable bonds is 6. The number of primary amides is 1. The van der Waals surface area contributed by atoms with Gasteiger partial charge in [-0.1, -0.05) is 0 Å². The van der Waals surface area contributed by atoms with Crippen molar-refractivity contribution in [2.45, 2.75) is 19.2 Å². The number of carboxylic acid groups (broad SMARTS) is 1. The van der Waals surface area contributed by atoms with Crippen LogP contribution in [-0.2, 0) is 4.79 Å². The summed E-state index contributed by atoms with van der Waals surface area (Å²) in [7, 11) is 0. The monoisotopic (exact) mass is 424 g/mol. The van der Waals surface area contributed by atoms with E-state index in [1.54, 1.807) is 12.1 Å². The number of carbonyl (C=O) groups is 2. The van der Waals surface area contributed by atoms with Crippen molar-refractivity contribution in [3.8, 4) is 17.2 Å². The molecule has 0 aliphatic carbocycles. The third-order valence-corrected chi connectivity index (χ3v) is 4.73. The summed E-state index contributed by atoms with van der Waals surface area (Å²) in [5.74, 6) is -2.00. The molecule has 0 bridgehead atoms. The number of alkyl halides is 3. The number of halogens is 3. The number of hydrogen-bond acceptors (Lipinski definition) is 5. The van der Waals surface area contributed by atoms with Gasteiger partial charge in [-0.15, -0.1) is 13.2 Å². The van der Waals surface area contributed by atoms with Crippen molar-refractivity contribution in [1.82, 2.24) is 0 Å². The Kier molecular flexibility index (Phi) is 6.04. The minimum absolute atomic E-state index is 0.106. The maximum absolute atomic E-state index is 12.3. The molecule has 0 atom stereocenters. The Bertz CT molecular complexity index is 923. The van der Waals surface area contributed by atoms with E-state index in [1.807, 2.05) is 4.90 Å². The zero-order chi connectivity index (χ0) is 21.9. The fourth-order valence-corrected chi connectivity index (χ4v) is 3.22. The van der Waals surface area contributed by atoms with Crippen LogP contribution >= 0.6 is 0 Å². The number of aliphatic carboxylic acids is 1. The number of carbonyl (C=O) groups excluding carboxylic acids is 1. The van der Waals surface area contributed by atoms with Crippen LogP contribution in [0.3, 0.4) is 0 Å². The van der Waals surface area contributed by atoms with Crippen LogP contribution in [0.2, 0.25) is 0 Å².